The van der Waals surface area contributed by atoms with E-state index in [0.29, 0.717) is 11.4 Å². The van der Waals surface area contributed by atoms with E-state index in [1.165, 1.54) is 12.1 Å². The lowest BCUT2D eigenvalue weighted by Gasteiger charge is -2.20. The maximum absolute atomic E-state index is 13.4. The summed E-state index contributed by atoms with van der Waals surface area (Å²) in [5, 5.41) is 4.02. The van der Waals surface area contributed by atoms with Crippen LogP contribution < -0.4 is 5.32 Å². The van der Waals surface area contributed by atoms with Crippen molar-refractivity contribution in [3.8, 4) is 0 Å². The second-order valence-electron chi connectivity index (χ2n) is 4.82. The lowest BCUT2D eigenvalue weighted by atomic mass is 10.0. The topological polar surface area (TPSA) is 24.9 Å². The molecule has 2 nitrogen and oxygen atoms in total. The van der Waals surface area contributed by atoms with E-state index >= 15 is 0 Å². The molecule has 0 fully saturated rings. The third kappa shape index (κ3) is 4.50. The number of hydrogen-bond donors (Lipinski definition) is 1. The molecule has 0 saturated heterocycles. The Bertz CT molecular complexity index is 607. The fourth-order valence-corrected chi connectivity index (χ4v) is 2.88. The summed E-state index contributed by atoms with van der Waals surface area (Å²) in [6.45, 7) is 2.97. The number of rotatable bonds is 6. The molecule has 1 unspecified atom stereocenters. The van der Waals surface area contributed by atoms with E-state index < -0.39 is 0 Å². The molecule has 2 aromatic rings. The molecule has 0 bridgehead atoms. The fraction of sp³-hybridized carbons (Fsp3) is 0.312. The van der Waals surface area contributed by atoms with E-state index in [1.54, 1.807) is 12.3 Å². The minimum atomic E-state index is -0.274. The van der Waals surface area contributed by atoms with Crippen molar-refractivity contribution in [2.75, 3.05) is 6.54 Å². The van der Waals surface area contributed by atoms with E-state index in [0.717, 1.165) is 28.7 Å². The van der Waals surface area contributed by atoms with Crippen molar-refractivity contribution in [1.82, 2.24) is 10.3 Å². The van der Waals surface area contributed by atoms with Crippen molar-refractivity contribution < 1.29 is 4.39 Å². The molecule has 0 radical (unpaired) electrons. The highest BCUT2D eigenvalue weighted by Gasteiger charge is 2.17. The molecule has 0 aliphatic rings. The van der Waals surface area contributed by atoms with Crippen LogP contribution in [0.15, 0.2) is 41.0 Å². The Morgan fingerprint density at radius 3 is 2.90 bits per heavy atom. The summed E-state index contributed by atoms with van der Waals surface area (Å²) >= 11 is 9.70. The average molecular weight is 372 g/mol. The van der Waals surface area contributed by atoms with Gasteiger partial charge in [-0.15, -0.1) is 0 Å². The molecule has 0 amide bonds. The molecule has 0 aliphatic heterocycles. The van der Waals surface area contributed by atoms with Gasteiger partial charge in [0, 0.05) is 15.7 Å². The minimum absolute atomic E-state index is 0.0141. The number of nitrogens with zero attached hydrogens (tertiary/aromatic N) is 1. The normalized spacial score (nSPS) is 12.4. The van der Waals surface area contributed by atoms with Crippen molar-refractivity contribution in [1.29, 1.82) is 0 Å². The highest BCUT2D eigenvalue weighted by molar-refractivity contribution is 9.10. The summed E-state index contributed by atoms with van der Waals surface area (Å²) in [7, 11) is 0. The first-order valence-electron chi connectivity index (χ1n) is 6.89. The summed E-state index contributed by atoms with van der Waals surface area (Å²) < 4.78 is 14.4. The molecule has 0 saturated carbocycles. The largest absolute Gasteiger partial charge is 0.308 e. The molecular formula is C16H17BrClFN2. The highest BCUT2D eigenvalue weighted by atomic mass is 79.9. The van der Waals surface area contributed by atoms with Gasteiger partial charge < -0.3 is 5.32 Å². The van der Waals surface area contributed by atoms with Gasteiger partial charge in [-0.05, 0) is 71.2 Å². The van der Waals surface area contributed by atoms with Crippen LogP contribution in [-0.2, 0) is 6.42 Å². The monoisotopic (exact) mass is 370 g/mol. The lowest BCUT2D eigenvalue weighted by Crippen LogP contribution is -2.25. The Balaban J connectivity index is 2.28. The average Bonchev–Trinajstić information content (AvgIpc) is 2.48. The summed E-state index contributed by atoms with van der Waals surface area (Å²) in [6.07, 6.45) is 3.36. The fourth-order valence-electron chi connectivity index (χ4n) is 2.16. The number of aromatic nitrogens is 1. The highest BCUT2D eigenvalue weighted by Crippen LogP contribution is 2.27. The maximum atomic E-state index is 13.4. The molecule has 1 heterocycles. The van der Waals surface area contributed by atoms with Crippen LogP contribution in [0.5, 0.6) is 0 Å². The SMILES string of the molecule is CCCNC(Cc1cc(F)ccc1Cl)c1ncccc1Br. The molecule has 1 N–H and O–H groups in total. The maximum Gasteiger partial charge on any atom is 0.123 e. The van der Waals surface area contributed by atoms with Gasteiger partial charge in [0.05, 0.1) is 11.7 Å². The third-order valence-corrected chi connectivity index (χ3v) is 4.23. The van der Waals surface area contributed by atoms with E-state index in [1.807, 2.05) is 12.1 Å². The predicted octanol–water partition coefficient (Wildman–Crippen LogP) is 4.92. The number of pyridine rings is 1. The van der Waals surface area contributed by atoms with Gasteiger partial charge in [0.1, 0.15) is 5.82 Å². The molecule has 0 spiro atoms. The second-order valence-corrected chi connectivity index (χ2v) is 6.08. The first kappa shape index (κ1) is 16.4. The van der Waals surface area contributed by atoms with Crippen LogP contribution >= 0.6 is 27.5 Å². The Kier molecular flexibility index (Phi) is 6.15. The zero-order valence-electron chi connectivity index (χ0n) is 11.7. The van der Waals surface area contributed by atoms with Crippen LogP contribution in [0.25, 0.3) is 0 Å². The van der Waals surface area contributed by atoms with Crippen LogP contribution in [0, 0.1) is 5.82 Å². The molecule has 112 valence electrons. The molecule has 5 heteroatoms. The van der Waals surface area contributed by atoms with Gasteiger partial charge in [-0.1, -0.05) is 18.5 Å². The van der Waals surface area contributed by atoms with Crippen LogP contribution in [0.1, 0.15) is 30.6 Å². The van der Waals surface area contributed by atoms with Gasteiger partial charge >= 0.3 is 0 Å². The molecule has 1 aromatic carbocycles. The first-order chi connectivity index (χ1) is 10.1. The Morgan fingerprint density at radius 2 is 2.19 bits per heavy atom. The van der Waals surface area contributed by atoms with Crippen LogP contribution in [0.3, 0.4) is 0 Å². The summed E-state index contributed by atoms with van der Waals surface area (Å²) in [5.74, 6) is -0.274. The van der Waals surface area contributed by atoms with Gasteiger partial charge in [-0.25, -0.2) is 4.39 Å². The van der Waals surface area contributed by atoms with Crippen LogP contribution in [0.4, 0.5) is 4.39 Å². The van der Waals surface area contributed by atoms with E-state index in [2.05, 4.69) is 33.2 Å². The van der Waals surface area contributed by atoms with E-state index in [4.69, 9.17) is 11.6 Å². The van der Waals surface area contributed by atoms with Crippen LogP contribution in [-0.4, -0.2) is 11.5 Å². The smallest absolute Gasteiger partial charge is 0.123 e. The summed E-state index contributed by atoms with van der Waals surface area (Å²) in [5.41, 5.74) is 1.69. The number of hydrogen-bond acceptors (Lipinski definition) is 2. The van der Waals surface area contributed by atoms with E-state index in [-0.39, 0.29) is 11.9 Å². The minimum Gasteiger partial charge on any atom is -0.308 e. The first-order valence-corrected chi connectivity index (χ1v) is 8.06. The van der Waals surface area contributed by atoms with Crippen molar-refractivity contribution in [3.05, 3.63) is 63.1 Å². The number of benzene rings is 1. The third-order valence-electron chi connectivity index (χ3n) is 3.19. The number of halogens is 3. The molecule has 21 heavy (non-hydrogen) atoms. The second kappa shape index (κ2) is 7.87. The Hall–Kier alpha value is -0.970. The van der Waals surface area contributed by atoms with Gasteiger partial charge in [0.25, 0.3) is 0 Å². The molecule has 0 aliphatic carbocycles. The van der Waals surface area contributed by atoms with Gasteiger partial charge in [0.15, 0.2) is 0 Å². The lowest BCUT2D eigenvalue weighted by molar-refractivity contribution is 0.514. The molecule has 1 aromatic heterocycles. The van der Waals surface area contributed by atoms with Crippen molar-refractivity contribution in [3.63, 3.8) is 0 Å². The van der Waals surface area contributed by atoms with Crippen LogP contribution in [0.2, 0.25) is 5.02 Å². The van der Waals surface area contributed by atoms with Gasteiger partial charge in [-0.2, -0.15) is 0 Å². The van der Waals surface area contributed by atoms with Gasteiger partial charge in [-0.3, -0.25) is 4.98 Å². The van der Waals surface area contributed by atoms with Crippen molar-refractivity contribution in [2.45, 2.75) is 25.8 Å². The summed E-state index contributed by atoms with van der Waals surface area (Å²) in [6, 6.07) is 8.27. The summed E-state index contributed by atoms with van der Waals surface area (Å²) in [4.78, 5) is 4.43. The zero-order valence-corrected chi connectivity index (χ0v) is 14.1. The molecule has 1 atom stereocenters. The standard InChI is InChI=1S/C16H17BrClFN2/c1-2-7-20-15(16-13(17)4-3-8-21-16)10-11-9-12(19)5-6-14(11)18/h3-6,8-9,15,20H,2,7,10H2,1H3. The van der Waals surface area contributed by atoms with E-state index in [9.17, 15) is 4.39 Å². The molecular weight excluding hydrogens is 355 g/mol. The van der Waals surface area contributed by atoms with Gasteiger partial charge in [0.2, 0.25) is 0 Å². The quantitative estimate of drug-likeness (QED) is 0.779. The predicted molar refractivity (Wildman–Crippen MR) is 88.1 cm³/mol. The van der Waals surface area contributed by atoms with Crippen molar-refractivity contribution >= 4 is 27.5 Å². The zero-order chi connectivity index (χ0) is 15.2. The number of nitrogens with one attached hydrogen (secondary N) is 1. The Labute approximate surface area is 137 Å². The molecule has 2 rings (SSSR count). The Morgan fingerprint density at radius 1 is 1.38 bits per heavy atom. The van der Waals surface area contributed by atoms with Crippen molar-refractivity contribution in [2.24, 2.45) is 0 Å².